The van der Waals surface area contributed by atoms with Crippen LogP contribution in [0.3, 0.4) is 0 Å². The maximum atomic E-state index is 12.0. The molecule has 0 fully saturated rings. The van der Waals surface area contributed by atoms with Gasteiger partial charge in [0.25, 0.3) is 6.43 Å². The van der Waals surface area contributed by atoms with Crippen LogP contribution in [0.15, 0.2) is 27.5 Å². The monoisotopic (exact) mass is 230 g/mol. The molecule has 0 saturated heterocycles. The van der Waals surface area contributed by atoms with Crippen molar-refractivity contribution in [3.8, 4) is 11.4 Å². The predicted octanol–water partition coefficient (Wildman–Crippen LogP) is 1.50. The lowest BCUT2D eigenvalue weighted by atomic mass is 10.2. The zero-order chi connectivity index (χ0) is 11.5. The topological polar surface area (TPSA) is 72.3 Å². The molecule has 0 amide bonds. The summed E-state index contributed by atoms with van der Waals surface area (Å²) < 4.78 is 33.6. The summed E-state index contributed by atoms with van der Waals surface area (Å²) in [6, 6.07) is 1.61. The summed E-state index contributed by atoms with van der Waals surface area (Å²) in [6.45, 7) is 0. The van der Waals surface area contributed by atoms with Crippen LogP contribution in [0.25, 0.3) is 11.4 Å². The average molecular weight is 230 g/mol. The highest BCUT2D eigenvalue weighted by Gasteiger charge is 2.21. The highest BCUT2D eigenvalue weighted by Crippen LogP contribution is 2.17. The van der Waals surface area contributed by atoms with Crippen molar-refractivity contribution in [3.63, 3.8) is 0 Å². The minimum absolute atomic E-state index is 0.0380. The molecule has 0 aliphatic heterocycles. The van der Waals surface area contributed by atoms with Crippen LogP contribution in [0, 0.1) is 0 Å². The van der Waals surface area contributed by atoms with Crippen LogP contribution >= 0.6 is 0 Å². The third-order valence-electron chi connectivity index (χ3n) is 1.92. The van der Waals surface area contributed by atoms with Crippen molar-refractivity contribution in [3.05, 3.63) is 24.5 Å². The molecule has 0 aliphatic carbocycles. The smallest absolute Gasteiger partial charge is 0.264 e. The second-order valence-corrected chi connectivity index (χ2v) is 3.13. The third kappa shape index (κ3) is 2.25. The highest BCUT2D eigenvalue weighted by atomic mass is 19.3. The van der Waals surface area contributed by atoms with E-state index < -0.39 is 12.5 Å². The Labute approximate surface area is 88.7 Å². The van der Waals surface area contributed by atoms with Crippen molar-refractivity contribution in [2.75, 3.05) is 0 Å². The van der Waals surface area contributed by atoms with Gasteiger partial charge in [-0.3, -0.25) is 0 Å². The minimum Gasteiger partial charge on any atom is -0.472 e. The second kappa shape index (κ2) is 4.40. The molecular formula is C9H8F2N2O3. The van der Waals surface area contributed by atoms with E-state index in [1.807, 2.05) is 0 Å². The number of hydrogen-bond acceptors (Lipinski definition) is 5. The van der Waals surface area contributed by atoms with E-state index in [0.717, 1.165) is 0 Å². The molecule has 2 rings (SSSR count). The molecule has 0 bridgehead atoms. The van der Waals surface area contributed by atoms with E-state index in [9.17, 15) is 8.78 Å². The Hall–Kier alpha value is -1.76. The van der Waals surface area contributed by atoms with Gasteiger partial charge < -0.3 is 14.0 Å². The zero-order valence-corrected chi connectivity index (χ0v) is 8.01. The standard InChI is InChI=1S/C9H8F2N2O3/c10-8(11)6(14)3-7-12-9(13-16-7)5-1-2-15-4-5/h1-2,4,6,8,14H,3H2. The Kier molecular flexibility index (Phi) is 2.95. The number of aliphatic hydroxyl groups is 1. The van der Waals surface area contributed by atoms with Gasteiger partial charge in [0.15, 0.2) is 0 Å². The summed E-state index contributed by atoms with van der Waals surface area (Å²) in [6.07, 6.45) is -2.16. The van der Waals surface area contributed by atoms with E-state index in [1.165, 1.54) is 12.5 Å². The second-order valence-electron chi connectivity index (χ2n) is 3.13. The maximum absolute atomic E-state index is 12.0. The lowest BCUT2D eigenvalue weighted by Crippen LogP contribution is -2.20. The van der Waals surface area contributed by atoms with Gasteiger partial charge in [0.2, 0.25) is 11.7 Å². The SMILES string of the molecule is OC(Cc1nc(-c2ccoc2)no1)C(F)F. The van der Waals surface area contributed by atoms with Crippen molar-refractivity contribution in [1.82, 2.24) is 10.1 Å². The van der Waals surface area contributed by atoms with Crippen molar-refractivity contribution < 1.29 is 22.8 Å². The van der Waals surface area contributed by atoms with Crippen LogP contribution in [0.5, 0.6) is 0 Å². The van der Waals surface area contributed by atoms with Gasteiger partial charge in [-0.05, 0) is 6.07 Å². The van der Waals surface area contributed by atoms with Crippen LogP contribution in [0.1, 0.15) is 5.89 Å². The Balaban J connectivity index is 2.08. The Morgan fingerprint density at radius 1 is 1.44 bits per heavy atom. The molecule has 0 spiro atoms. The molecule has 7 heteroatoms. The molecule has 1 unspecified atom stereocenters. The molecule has 86 valence electrons. The lowest BCUT2D eigenvalue weighted by molar-refractivity contribution is -0.00754. The normalized spacial score (nSPS) is 13.2. The van der Waals surface area contributed by atoms with Crippen LogP contribution in [-0.2, 0) is 6.42 Å². The number of rotatable bonds is 4. The van der Waals surface area contributed by atoms with E-state index in [-0.39, 0.29) is 18.1 Å². The summed E-state index contributed by atoms with van der Waals surface area (Å²) in [4.78, 5) is 3.84. The molecule has 2 aromatic heterocycles. The summed E-state index contributed by atoms with van der Waals surface area (Å²) in [5.74, 6) is 0.203. The average Bonchev–Trinajstić information content (AvgIpc) is 2.85. The van der Waals surface area contributed by atoms with Crippen molar-refractivity contribution >= 4 is 0 Å². The molecular weight excluding hydrogens is 222 g/mol. The van der Waals surface area contributed by atoms with Gasteiger partial charge in [0.1, 0.15) is 12.4 Å². The predicted molar refractivity (Wildman–Crippen MR) is 47.7 cm³/mol. The van der Waals surface area contributed by atoms with Gasteiger partial charge in [-0.1, -0.05) is 5.16 Å². The van der Waals surface area contributed by atoms with E-state index in [4.69, 9.17) is 14.0 Å². The largest absolute Gasteiger partial charge is 0.472 e. The number of halogens is 2. The molecule has 2 aromatic rings. The van der Waals surface area contributed by atoms with E-state index in [0.29, 0.717) is 5.56 Å². The van der Waals surface area contributed by atoms with Gasteiger partial charge in [0, 0.05) is 0 Å². The Bertz CT molecular complexity index is 441. The van der Waals surface area contributed by atoms with Crippen LogP contribution in [-0.4, -0.2) is 27.8 Å². The summed E-state index contributed by atoms with van der Waals surface area (Å²) in [7, 11) is 0. The molecule has 5 nitrogen and oxygen atoms in total. The Morgan fingerprint density at radius 3 is 2.88 bits per heavy atom. The molecule has 0 saturated carbocycles. The number of aromatic nitrogens is 2. The number of nitrogens with zero attached hydrogens (tertiary/aromatic N) is 2. The summed E-state index contributed by atoms with van der Waals surface area (Å²) >= 11 is 0. The fourth-order valence-electron chi connectivity index (χ4n) is 1.11. The van der Waals surface area contributed by atoms with Gasteiger partial charge in [-0.25, -0.2) is 8.78 Å². The van der Waals surface area contributed by atoms with Crippen molar-refractivity contribution in [2.45, 2.75) is 19.0 Å². The number of hydrogen-bond donors (Lipinski definition) is 1. The van der Waals surface area contributed by atoms with Gasteiger partial charge in [-0.15, -0.1) is 0 Å². The van der Waals surface area contributed by atoms with Gasteiger partial charge >= 0.3 is 0 Å². The summed E-state index contributed by atoms with van der Waals surface area (Å²) in [5, 5.41) is 12.5. The van der Waals surface area contributed by atoms with E-state index >= 15 is 0 Å². The first-order valence-electron chi connectivity index (χ1n) is 4.48. The quantitative estimate of drug-likeness (QED) is 0.861. The zero-order valence-electron chi connectivity index (χ0n) is 8.01. The first-order chi connectivity index (χ1) is 7.66. The lowest BCUT2D eigenvalue weighted by Gasteiger charge is -2.04. The Morgan fingerprint density at radius 2 is 2.25 bits per heavy atom. The highest BCUT2D eigenvalue weighted by molar-refractivity contribution is 5.51. The first kappa shape index (κ1) is 10.7. The maximum Gasteiger partial charge on any atom is 0.264 e. The van der Waals surface area contributed by atoms with Crippen molar-refractivity contribution in [1.29, 1.82) is 0 Å². The van der Waals surface area contributed by atoms with Crippen molar-refractivity contribution in [2.24, 2.45) is 0 Å². The minimum atomic E-state index is -2.83. The number of alkyl halides is 2. The summed E-state index contributed by atoms with van der Waals surface area (Å²) in [5.41, 5.74) is 0.585. The third-order valence-corrected chi connectivity index (χ3v) is 1.92. The van der Waals surface area contributed by atoms with E-state index in [2.05, 4.69) is 10.1 Å². The fraction of sp³-hybridized carbons (Fsp3) is 0.333. The van der Waals surface area contributed by atoms with Crippen LogP contribution < -0.4 is 0 Å². The first-order valence-corrected chi connectivity index (χ1v) is 4.48. The molecule has 16 heavy (non-hydrogen) atoms. The molecule has 0 aliphatic rings. The molecule has 0 radical (unpaired) electrons. The number of furan rings is 1. The molecule has 2 heterocycles. The number of aliphatic hydroxyl groups excluding tert-OH is 1. The van der Waals surface area contributed by atoms with E-state index in [1.54, 1.807) is 6.07 Å². The molecule has 1 atom stereocenters. The van der Waals surface area contributed by atoms with Gasteiger partial charge in [-0.2, -0.15) is 4.98 Å². The molecule has 0 aromatic carbocycles. The van der Waals surface area contributed by atoms with Crippen LogP contribution in [0.4, 0.5) is 8.78 Å². The van der Waals surface area contributed by atoms with Gasteiger partial charge in [0.05, 0.1) is 18.2 Å². The molecule has 1 N–H and O–H groups in total. The fourth-order valence-corrected chi connectivity index (χ4v) is 1.11. The van der Waals surface area contributed by atoms with Crippen LogP contribution in [0.2, 0.25) is 0 Å².